The van der Waals surface area contributed by atoms with Crippen LogP contribution in [0.15, 0.2) is 24.3 Å². The lowest BCUT2D eigenvalue weighted by Crippen LogP contribution is -2.51. The van der Waals surface area contributed by atoms with Gasteiger partial charge in [-0.05, 0) is 24.3 Å². The second-order valence-corrected chi connectivity index (χ2v) is 5.18. The highest BCUT2D eigenvalue weighted by atomic mass is 35.5. The fraction of sp³-hybridized carbons (Fsp3) is 0.429. The second kappa shape index (κ2) is 6.61. The van der Waals surface area contributed by atoms with Gasteiger partial charge in [0.15, 0.2) is 0 Å². The number of rotatable bonds is 3. The lowest BCUT2D eigenvalue weighted by molar-refractivity contribution is -0.137. The fourth-order valence-corrected chi connectivity index (χ4v) is 2.25. The van der Waals surface area contributed by atoms with E-state index >= 15 is 0 Å². The summed E-state index contributed by atoms with van der Waals surface area (Å²) in [4.78, 5) is 26.8. The first-order valence-electron chi connectivity index (χ1n) is 6.59. The molecule has 108 valence electrons. The third kappa shape index (κ3) is 3.87. The van der Waals surface area contributed by atoms with E-state index in [1.807, 2.05) is 12.1 Å². The average Bonchev–Trinajstić information content (AvgIpc) is 2.46. The average molecular weight is 296 g/mol. The van der Waals surface area contributed by atoms with Gasteiger partial charge < -0.3 is 15.1 Å². The molecule has 1 N–H and O–H groups in total. The number of nitrogens with one attached hydrogen (secondary N) is 1. The molecule has 0 atom stereocenters. The van der Waals surface area contributed by atoms with Gasteiger partial charge in [-0.3, -0.25) is 9.59 Å². The van der Waals surface area contributed by atoms with Gasteiger partial charge in [0.25, 0.3) is 0 Å². The normalized spacial score (nSPS) is 15.1. The summed E-state index contributed by atoms with van der Waals surface area (Å²) in [5.74, 6) is 0.111. The lowest BCUT2D eigenvalue weighted by atomic mass is 10.3. The van der Waals surface area contributed by atoms with Gasteiger partial charge in [-0.2, -0.15) is 0 Å². The Labute approximate surface area is 123 Å². The Morgan fingerprint density at radius 1 is 1.10 bits per heavy atom. The number of hydrogen-bond acceptors (Lipinski definition) is 3. The summed E-state index contributed by atoms with van der Waals surface area (Å²) in [6.45, 7) is 4.23. The highest BCUT2D eigenvalue weighted by Gasteiger charge is 2.21. The summed E-state index contributed by atoms with van der Waals surface area (Å²) in [6, 6.07) is 7.23. The maximum absolute atomic E-state index is 12.0. The maximum atomic E-state index is 12.0. The van der Waals surface area contributed by atoms with Gasteiger partial charge in [0.1, 0.15) is 0 Å². The molecular formula is C14H18ClN3O2. The minimum absolute atomic E-state index is 0.0446. The van der Waals surface area contributed by atoms with Crippen LogP contribution in [0.3, 0.4) is 0 Å². The molecule has 0 bridgehead atoms. The molecule has 1 aliphatic rings. The van der Waals surface area contributed by atoms with E-state index in [1.165, 1.54) is 0 Å². The van der Waals surface area contributed by atoms with Crippen molar-refractivity contribution < 1.29 is 9.59 Å². The lowest BCUT2D eigenvalue weighted by Gasteiger charge is -2.34. The standard InChI is InChI=1S/C14H18ClN3O2/c1-11(19)17-6-8-18(9-7-17)14(20)10-16-13-4-2-12(15)3-5-13/h2-5,16H,6-10H2,1H3. The Bertz CT molecular complexity index is 482. The van der Waals surface area contributed by atoms with Crippen molar-refractivity contribution in [2.75, 3.05) is 38.0 Å². The van der Waals surface area contributed by atoms with Crippen LogP contribution in [0.25, 0.3) is 0 Å². The van der Waals surface area contributed by atoms with E-state index in [2.05, 4.69) is 5.32 Å². The van der Waals surface area contributed by atoms with Gasteiger partial charge >= 0.3 is 0 Å². The number of anilines is 1. The Balaban J connectivity index is 1.78. The molecule has 20 heavy (non-hydrogen) atoms. The topological polar surface area (TPSA) is 52.7 Å². The molecule has 0 aromatic heterocycles. The van der Waals surface area contributed by atoms with E-state index in [1.54, 1.807) is 28.9 Å². The number of carbonyl (C=O) groups excluding carboxylic acids is 2. The third-order valence-electron chi connectivity index (χ3n) is 3.37. The summed E-state index contributed by atoms with van der Waals surface area (Å²) >= 11 is 5.80. The molecule has 1 aromatic carbocycles. The zero-order chi connectivity index (χ0) is 14.5. The number of hydrogen-bond donors (Lipinski definition) is 1. The number of piperazine rings is 1. The largest absolute Gasteiger partial charge is 0.376 e. The van der Waals surface area contributed by atoms with Crippen LogP contribution in [-0.2, 0) is 9.59 Å². The molecular weight excluding hydrogens is 278 g/mol. The summed E-state index contributed by atoms with van der Waals surface area (Å²) < 4.78 is 0. The maximum Gasteiger partial charge on any atom is 0.241 e. The molecule has 6 heteroatoms. The summed E-state index contributed by atoms with van der Waals surface area (Å²) in [7, 11) is 0. The molecule has 2 rings (SSSR count). The van der Waals surface area contributed by atoms with E-state index in [0.29, 0.717) is 31.2 Å². The van der Waals surface area contributed by atoms with E-state index < -0.39 is 0 Å². The molecule has 1 saturated heterocycles. The number of carbonyl (C=O) groups is 2. The second-order valence-electron chi connectivity index (χ2n) is 4.75. The Hall–Kier alpha value is -1.75. The number of benzene rings is 1. The van der Waals surface area contributed by atoms with E-state index in [-0.39, 0.29) is 18.4 Å². The molecule has 1 aromatic rings. The number of halogens is 1. The van der Waals surface area contributed by atoms with Gasteiger partial charge in [0.05, 0.1) is 6.54 Å². The minimum Gasteiger partial charge on any atom is -0.376 e. The highest BCUT2D eigenvalue weighted by Crippen LogP contribution is 2.13. The SMILES string of the molecule is CC(=O)N1CCN(C(=O)CNc2ccc(Cl)cc2)CC1. The summed E-state index contributed by atoms with van der Waals surface area (Å²) in [5, 5.41) is 3.74. The van der Waals surface area contributed by atoms with Gasteiger partial charge in [0, 0.05) is 43.8 Å². The van der Waals surface area contributed by atoms with Gasteiger partial charge in [-0.15, -0.1) is 0 Å². The van der Waals surface area contributed by atoms with Crippen molar-refractivity contribution in [2.45, 2.75) is 6.92 Å². The van der Waals surface area contributed by atoms with Gasteiger partial charge in [-0.25, -0.2) is 0 Å². The molecule has 0 unspecified atom stereocenters. The third-order valence-corrected chi connectivity index (χ3v) is 3.62. The predicted molar refractivity (Wildman–Crippen MR) is 78.8 cm³/mol. The fourth-order valence-electron chi connectivity index (χ4n) is 2.13. The van der Waals surface area contributed by atoms with Crippen molar-refractivity contribution >= 4 is 29.1 Å². The molecule has 5 nitrogen and oxygen atoms in total. The van der Waals surface area contributed by atoms with Crippen molar-refractivity contribution in [2.24, 2.45) is 0 Å². The monoisotopic (exact) mass is 295 g/mol. The molecule has 2 amide bonds. The van der Waals surface area contributed by atoms with Crippen LogP contribution in [0, 0.1) is 0 Å². The zero-order valence-corrected chi connectivity index (χ0v) is 12.2. The molecule has 1 heterocycles. The van der Waals surface area contributed by atoms with Gasteiger partial charge in [0.2, 0.25) is 11.8 Å². The Morgan fingerprint density at radius 3 is 2.20 bits per heavy atom. The van der Waals surface area contributed by atoms with Gasteiger partial charge in [-0.1, -0.05) is 11.6 Å². The predicted octanol–water partition coefficient (Wildman–Crippen LogP) is 1.44. The van der Waals surface area contributed by atoms with Crippen LogP contribution in [-0.4, -0.2) is 54.3 Å². The van der Waals surface area contributed by atoms with E-state index in [9.17, 15) is 9.59 Å². The molecule has 0 aliphatic carbocycles. The molecule has 0 saturated carbocycles. The smallest absolute Gasteiger partial charge is 0.241 e. The van der Waals surface area contributed by atoms with Crippen LogP contribution in [0.5, 0.6) is 0 Å². The molecule has 0 radical (unpaired) electrons. The first-order valence-corrected chi connectivity index (χ1v) is 6.97. The highest BCUT2D eigenvalue weighted by molar-refractivity contribution is 6.30. The van der Waals surface area contributed by atoms with Crippen molar-refractivity contribution in [3.05, 3.63) is 29.3 Å². The summed E-state index contributed by atoms with van der Waals surface area (Å²) in [5.41, 5.74) is 0.866. The van der Waals surface area contributed by atoms with Crippen LogP contribution in [0.1, 0.15) is 6.92 Å². The molecule has 0 spiro atoms. The van der Waals surface area contributed by atoms with Crippen LogP contribution >= 0.6 is 11.6 Å². The number of nitrogens with zero attached hydrogens (tertiary/aromatic N) is 2. The Kier molecular flexibility index (Phi) is 4.84. The summed E-state index contributed by atoms with van der Waals surface area (Å²) in [6.07, 6.45) is 0. The molecule has 1 fully saturated rings. The van der Waals surface area contributed by atoms with Crippen LogP contribution < -0.4 is 5.32 Å². The van der Waals surface area contributed by atoms with Crippen LogP contribution in [0.2, 0.25) is 5.02 Å². The first-order chi connectivity index (χ1) is 9.56. The Morgan fingerprint density at radius 2 is 1.65 bits per heavy atom. The van der Waals surface area contributed by atoms with Crippen LogP contribution in [0.4, 0.5) is 5.69 Å². The quantitative estimate of drug-likeness (QED) is 0.918. The van der Waals surface area contributed by atoms with Crippen molar-refractivity contribution in [3.8, 4) is 0 Å². The molecule has 1 aliphatic heterocycles. The van der Waals surface area contributed by atoms with E-state index in [4.69, 9.17) is 11.6 Å². The van der Waals surface area contributed by atoms with E-state index in [0.717, 1.165) is 5.69 Å². The van der Waals surface area contributed by atoms with Crippen molar-refractivity contribution in [1.82, 2.24) is 9.80 Å². The van der Waals surface area contributed by atoms with Crippen molar-refractivity contribution in [1.29, 1.82) is 0 Å². The minimum atomic E-state index is 0.0446. The zero-order valence-electron chi connectivity index (χ0n) is 11.4. The first kappa shape index (κ1) is 14.7. The number of amides is 2. The van der Waals surface area contributed by atoms with Crippen molar-refractivity contribution in [3.63, 3.8) is 0 Å².